The number of carbonyl (C=O) groups excluding carboxylic acids is 1. The first-order chi connectivity index (χ1) is 9.51. The van der Waals surface area contributed by atoms with Crippen molar-refractivity contribution < 1.29 is 18.3 Å². The molecule has 0 aliphatic rings. The summed E-state index contributed by atoms with van der Waals surface area (Å²) in [5, 5.41) is 0. The summed E-state index contributed by atoms with van der Waals surface area (Å²) >= 11 is 3.28. The number of Topliss-reactive ketones (excluding diaryl/α,β-unsaturated/α-hetero) is 1. The lowest BCUT2D eigenvalue weighted by Crippen LogP contribution is -2.07. The Morgan fingerprint density at radius 2 is 1.95 bits per heavy atom. The smallest absolute Gasteiger partial charge is 0.171 e. The number of halogens is 3. The van der Waals surface area contributed by atoms with Gasteiger partial charge in [0.15, 0.2) is 5.78 Å². The molecule has 2 aromatic rings. The molecule has 0 amide bonds. The van der Waals surface area contributed by atoms with Gasteiger partial charge in [0.05, 0.1) is 12.7 Å². The van der Waals surface area contributed by atoms with E-state index in [0.717, 1.165) is 16.6 Å². The van der Waals surface area contributed by atoms with Gasteiger partial charge in [-0.3, -0.25) is 4.79 Å². The third-order valence-electron chi connectivity index (χ3n) is 2.83. The Balaban J connectivity index is 2.28. The highest BCUT2D eigenvalue weighted by Crippen LogP contribution is 2.25. The van der Waals surface area contributed by atoms with Crippen LogP contribution in [0, 0.1) is 11.6 Å². The molecule has 0 fully saturated rings. The van der Waals surface area contributed by atoms with E-state index in [1.54, 1.807) is 18.2 Å². The highest BCUT2D eigenvalue weighted by molar-refractivity contribution is 9.10. The van der Waals surface area contributed by atoms with Crippen molar-refractivity contribution in [2.24, 2.45) is 0 Å². The number of ketones is 1. The van der Waals surface area contributed by atoms with E-state index < -0.39 is 11.6 Å². The Kier molecular flexibility index (Phi) is 4.49. The van der Waals surface area contributed by atoms with Crippen LogP contribution in [0.15, 0.2) is 40.9 Å². The minimum absolute atomic E-state index is 0.149. The molecule has 20 heavy (non-hydrogen) atoms. The van der Waals surface area contributed by atoms with Crippen molar-refractivity contribution in [1.29, 1.82) is 0 Å². The second-order valence-electron chi connectivity index (χ2n) is 4.18. The molecule has 0 spiro atoms. The Labute approximate surface area is 123 Å². The minimum Gasteiger partial charge on any atom is -0.496 e. The van der Waals surface area contributed by atoms with Crippen LogP contribution >= 0.6 is 15.9 Å². The van der Waals surface area contributed by atoms with E-state index in [-0.39, 0.29) is 17.8 Å². The highest BCUT2D eigenvalue weighted by Gasteiger charge is 2.15. The molecule has 0 aliphatic carbocycles. The summed E-state index contributed by atoms with van der Waals surface area (Å²) < 4.78 is 32.3. The minimum atomic E-state index is -0.727. The molecule has 0 saturated carbocycles. The van der Waals surface area contributed by atoms with Crippen molar-refractivity contribution in [3.8, 4) is 5.75 Å². The van der Waals surface area contributed by atoms with E-state index in [2.05, 4.69) is 15.9 Å². The molecule has 0 heterocycles. The quantitative estimate of drug-likeness (QED) is 0.781. The molecule has 104 valence electrons. The summed E-state index contributed by atoms with van der Waals surface area (Å²) in [5.41, 5.74) is 0.515. The Bertz CT molecular complexity index is 656. The van der Waals surface area contributed by atoms with Gasteiger partial charge in [-0.05, 0) is 29.8 Å². The van der Waals surface area contributed by atoms with Crippen LogP contribution in [0.4, 0.5) is 8.78 Å². The summed E-state index contributed by atoms with van der Waals surface area (Å²) in [4.78, 5) is 12.2. The highest BCUT2D eigenvalue weighted by atomic mass is 79.9. The summed E-state index contributed by atoms with van der Waals surface area (Å²) in [7, 11) is 1.46. The number of carbonyl (C=O) groups is 1. The maximum atomic E-state index is 13.5. The van der Waals surface area contributed by atoms with Crippen LogP contribution < -0.4 is 4.74 Å². The SMILES string of the molecule is COc1cc(Br)ccc1C(=O)Cc1ccc(F)cc1F. The van der Waals surface area contributed by atoms with Crippen LogP contribution in [0.3, 0.4) is 0 Å². The largest absolute Gasteiger partial charge is 0.496 e. The summed E-state index contributed by atoms with van der Waals surface area (Å²) in [6.45, 7) is 0. The second kappa shape index (κ2) is 6.13. The molecule has 2 rings (SSSR count). The number of ether oxygens (including phenoxy) is 1. The molecule has 0 N–H and O–H groups in total. The Morgan fingerprint density at radius 3 is 2.60 bits per heavy atom. The van der Waals surface area contributed by atoms with Gasteiger partial charge >= 0.3 is 0 Å². The van der Waals surface area contributed by atoms with Crippen molar-refractivity contribution in [2.45, 2.75) is 6.42 Å². The monoisotopic (exact) mass is 340 g/mol. The van der Waals surface area contributed by atoms with Crippen molar-refractivity contribution in [1.82, 2.24) is 0 Å². The Morgan fingerprint density at radius 1 is 1.20 bits per heavy atom. The van der Waals surface area contributed by atoms with Gasteiger partial charge in [0.2, 0.25) is 0 Å². The molecule has 0 atom stereocenters. The first-order valence-corrected chi connectivity index (χ1v) is 6.61. The van der Waals surface area contributed by atoms with Gasteiger partial charge in [0, 0.05) is 17.0 Å². The summed E-state index contributed by atoms with van der Waals surface area (Å²) in [6.07, 6.45) is -0.149. The van der Waals surface area contributed by atoms with Crippen molar-refractivity contribution >= 4 is 21.7 Å². The van der Waals surface area contributed by atoms with Gasteiger partial charge in [-0.15, -0.1) is 0 Å². The molecule has 0 aliphatic heterocycles. The van der Waals surface area contributed by atoms with E-state index in [0.29, 0.717) is 11.3 Å². The van der Waals surface area contributed by atoms with E-state index in [1.807, 2.05) is 0 Å². The topological polar surface area (TPSA) is 26.3 Å². The van der Waals surface area contributed by atoms with Crippen molar-refractivity contribution in [3.63, 3.8) is 0 Å². The van der Waals surface area contributed by atoms with E-state index >= 15 is 0 Å². The molecular weight excluding hydrogens is 330 g/mol. The number of hydrogen-bond donors (Lipinski definition) is 0. The van der Waals surface area contributed by atoms with E-state index in [9.17, 15) is 13.6 Å². The lowest BCUT2D eigenvalue weighted by Gasteiger charge is -2.08. The van der Waals surface area contributed by atoms with Gasteiger partial charge in [0.25, 0.3) is 0 Å². The lowest BCUT2D eigenvalue weighted by atomic mass is 10.0. The maximum absolute atomic E-state index is 13.5. The third-order valence-corrected chi connectivity index (χ3v) is 3.32. The molecule has 0 saturated heterocycles. The average Bonchev–Trinajstić information content (AvgIpc) is 2.41. The first kappa shape index (κ1) is 14.7. The van der Waals surface area contributed by atoms with Crippen molar-refractivity contribution in [2.75, 3.05) is 7.11 Å². The van der Waals surface area contributed by atoms with Crippen LogP contribution in [0.2, 0.25) is 0 Å². The predicted octanol–water partition coefficient (Wildman–Crippen LogP) is 4.16. The molecule has 0 unspecified atom stereocenters. The molecule has 5 heteroatoms. The zero-order valence-corrected chi connectivity index (χ0v) is 12.2. The fraction of sp³-hybridized carbons (Fsp3) is 0.133. The van der Waals surface area contributed by atoms with Gasteiger partial charge in [-0.1, -0.05) is 22.0 Å². The van der Waals surface area contributed by atoms with Crippen LogP contribution in [-0.2, 0) is 6.42 Å². The number of hydrogen-bond acceptors (Lipinski definition) is 2. The molecule has 2 aromatic carbocycles. The van der Waals surface area contributed by atoms with E-state index in [1.165, 1.54) is 13.2 Å². The molecule has 0 radical (unpaired) electrons. The summed E-state index contributed by atoms with van der Waals surface area (Å²) in [5.74, 6) is -1.28. The number of rotatable bonds is 4. The van der Waals surface area contributed by atoms with Crippen LogP contribution in [0.5, 0.6) is 5.75 Å². The van der Waals surface area contributed by atoms with Crippen LogP contribution in [0.1, 0.15) is 15.9 Å². The fourth-order valence-electron chi connectivity index (χ4n) is 1.83. The third kappa shape index (κ3) is 3.22. The zero-order valence-electron chi connectivity index (χ0n) is 10.6. The molecule has 0 aromatic heterocycles. The fourth-order valence-corrected chi connectivity index (χ4v) is 2.17. The van der Waals surface area contributed by atoms with Crippen LogP contribution in [0.25, 0.3) is 0 Å². The number of methoxy groups -OCH3 is 1. The van der Waals surface area contributed by atoms with Crippen LogP contribution in [-0.4, -0.2) is 12.9 Å². The normalized spacial score (nSPS) is 10.4. The van der Waals surface area contributed by atoms with Gasteiger partial charge < -0.3 is 4.74 Å². The second-order valence-corrected chi connectivity index (χ2v) is 5.10. The lowest BCUT2D eigenvalue weighted by molar-refractivity contribution is 0.0989. The first-order valence-electron chi connectivity index (χ1n) is 5.82. The summed E-state index contributed by atoms with van der Waals surface area (Å²) in [6, 6.07) is 8.14. The number of benzene rings is 2. The van der Waals surface area contributed by atoms with E-state index in [4.69, 9.17) is 4.74 Å². The maximum Gasteiger partial charge on any atom is 0.171 e. The van der Waals surface area contributed by atoms with Gasteiger partial charge in [-0.2, -0.15) is 0 Å². The average molecular weight is 341 g/mol. The van der Waals surface area contributed by atoms with Gasteiger partial charge in [0.1, 0.15) is 17.4 Å². The Hall–Kier alpha value is -1.75. The van der Waals surface area contributed by atoms with Crippen molar-refractivity contribution in [3.05, 3.63) is 63.6 Å². The standard InChI is InChI=1S/C15H11BrF2O2/c1-20-15-7-10(16)3-5-12(15)14(19)6-9-2-4-11(17)8-13(9)18/h2-5,7-8H,6H2,1H3. The molecule has 2 nitrogen and oxygen atoms in total. The molecular formula is C15H11BrF2O2. The predicted molar refractivity (Wildman–Crippen MR) is 75.1 cm³/mol. The zero-order chi connectivity index (χ0) is 14.7. The molecule has 0 bridgehead atoms. The van der Waals surface area contributed by atoms with Gasteiger partial charge in [-0.25, -0.2) is 8.78 Å².